The summed E-state index contributed by atoms with van der Waals surface area (Å²) >= 11 is 0. The van der Waals surface area contributed by atoms with Gasteiger partial charge in [-0.25, -0.2) is 0 Å². The van der Waals surface area contributed by atoms with E-state index in [2.05, 4.69) is 0 Å². The first-order chi connectivity index (χ1) is 6.34. The van der Waals surface area contributed by atoms with E-state index >= 15 is 0 Å². The van der Waals surface area contributed by atoms with Crippen molar-refractivity contribution in [1.82, 2.24) is 0 Å². The molecular formula is C10H18O3. The average Bonchev–Trinajstić information content (AvgIpc) is 2.32. The second-order valence-electron chi connectivity index (χ2n) is 3.50. The Labute approximate surface area is 79.1 Å². The van der Waals surface area contributed by atoms with Crippen LogP contribution in [-0.4, -0.2) is 30.2 Å². The summed E-state index contributed by atoms with van der Waals surface area (Å²) in [6.45, 7) is 0.927. The molecule has 3 heteroatoms. The summed E-state index contributed by atoms with van der Waals surface area (Å²) in [5.41, 5.74) is 0. The predicted molar refractivity (Wildman–Crippen MR) is 49.5 cm³/mol. The van der Waals surface area contributed by atoms with E-state index in [1.165, 1.54) is 0 Å². The molecule has 0 radical (unpaired) electrons. The van der Waals surface area contributed by atoms with Crippen LogP contribution in [0.5, 0.6) is 0 Å². The number of unbranched alkanes of at least 4 members (excludes halogenated alkanes) is 1. The van der Waals surface area contributed by atoms with Gasteiger partial charge in [0.05, 0.1) is 0 Å². The van der Waals surface area contributed by atoms with E-state index in [9.17, 15) is 4.79 Å². The van der Waals surface area contributed by atoms with E-state index in [1.54, 1.807) is 0 Å². The Morgan fingerprint density at radius 2 is 2.23 bits per heavy atom. The molecule has 1 heterocycles. The highest BCUT2D eigenvalue weighted by Crippen LogP contribution is 2.14. The van der Waals surface area contributed by atoms with Crippen LogP contribution in [0.4, 0.5) is 0 Å². The lowest BCUT2D eigenvalue weighted by Crippen LogP contribution is -2.22. The van der Waals surface area contributed by atoms with Gasteiger partial charge in [-0.3, -0.25) is 4.79 Å². The monoisotopic (exact) mass is 186 g/mol. The maximum Gasteiger partial charge on any atom is 0.161 e. The average molecular weight is 186 g/mol. The van der Waals surface area contributed by atoms with Crippen molar-refractivity contribution in [3.8, 4) is 0 Å². The van der Waals surface area contributed by atoms with Gasteiger partial charge in [0.15, 0.2) is 5.78 Å². The molecule has 1 aliphatic heterocycles. The fourth-order valence-electron chi connectivity index (χ4n) is 1.57. The molecule has 1 aliphatic rings. The van der Waals surface area contributed by atoms with Gasteiger partial charge in [0.1, 0.15) is 6.10 Å². The number of hydrogen-bond acceptors (Lipinski definition) is 3. The molecule has 1 saturated heterocycles. The van der Waals surface area contributed by atoms with Gasteiger partial charge in [-0.05, 0) is 32.1 Å². The number of ether oxygens (including phenoxy) is 1. The van der Waals surface area contributed by atoms with E-state index < -0.39 is 0 Å². The highest BCUT2D eigenvalue weighted by Gasteiger charge is 2.20. The number of aliphatic hydroxyl groups excluding tert-OH is 1. The van der Waals surface area contributed by atoms with Crippen molar-refractivity contribution in [2.24, 2.45) is 0 Å². The van der Waals surface area contributed by atoms with E-state index in [-0.39, 0.29) is 18.5 Å². The summed E-state index contributed by atoms with van der Waals surface area (Å²) in [7, 11) is 0. The van der Waals surface area contributed by atoms with Crippen LogP contribution in [0.2, 0.25) is 0 Å². The topological polar surface area (TPSA) is 46.5 Å². The number of rotatable bonds is 4. The zero-order valence-electron chi connectivity index (χ0n) is 8.00. The molecular weight excluding hydrogens is 168 g/mol. The number of Topliss-reactive ketones (excluding diaryl/α,β-unsaturated/α-hetero) is 1. The van der Waals surface area contributed by atoms with Crippen LogP contribution in [0.15, 0.2) is 0 Å². The van der Waals surface area contributed by atoms with Gasteiger partial charge >= 0.3 is 0 Å². The number of aliphatic hydroxyl groups is 1. The molecule has 13 heavy (non-hydrogen) atoms. The highest BCUT2D eigenvalue weighted by atomic mass is 16.5. The molecule has 0 aliphatic carbocycles. The third-order valence-electron chi connectivity index (χ3n) is 2.37. The van der Waals surface area contributed by atoms with E-state index in [0.717, 1.165) is 38.7 Å². The lowest BCUT2D eigenvalue weighted by atomic mass is 10.1. The summed E-state index contributed by atoms with van der Waals surface area (Å²) < 4.78 is 5.43. The van der Waals surface area contributed by atoms with Gasteiger partial charge in [0.25, 0.3) is 0 Å². The summed E-state index contributed by atoms with van der Waals surface area (Å²) in [5, 5.41) is 8.59. The Kier molecular flexibility index (Phi) is 5.01. The third kappa shape index (κ3) is 3.87. The van der Waals surface area contributed by atoms with Gasteiger partial charge < -0.3 is 9.84 Å². The standard InChI is InChI=1S/C10H18O3/c11-7-3-1-6-10-9(12)5-2-4-8-13-10/h10-11H,1-8H2/t10-/m1/s1. The number of carbonyl (C=O) groups is 1. The van der Waals surface area contributed by atoms with Crippen LogP contribution in [-0.2, 0) is 9.53 Å². The molecule has 0 bridgehead atoms. The molecule has 0 spiro atoms. The summed E-state index contributed by atoms with van der Waals surface area (Å²) in [6, 6.07) is 0. The number of carbonyl (C=O) groups excluding carboxylic acids is 1. The van der Waals surface area contributed by atoms with E-state index in [0.29, 0.717) is 6.42 Å². The third-order valence-corrected chi connectivity index (χ3v) is 2.37. The minimum absolute atomic E-state index is 0.186. The second kappa shape index (κ2) is 6.11. The Balaban J connectivity index is 2.24. The first kappa shape index (κ1) is 10.7. The Bertz CT molecular complexity index is 156. The zero-order valence-corrected chi connectivity index (χ0v) is 8.00. The Morgan fingerprint density at radius 1 is 1.38 bits per heavy atom. The lowest BCUT2D eigenvalue weighted by Gasteiger charge is -2.12. The molecule has 0 saturated carbocycles. The number of ketones is 1. The van der Waals surface area contributed by atoms with Crippen molar-refractivity contribution >= 4 is 5.78 Å². The van der Waals surface area contributed by atoms with Crippen LogP contribution in [0.25, 0.3) is 0 Å². The summed E-state index contributed by atoms with van der Waals surface area (Å²) in [6.07, 6.45) is 4.88. The SMILES string of the molecule is O=C1CCCCO[C@@H]1CCCCO. The normalized spacial score (nSPS) is 24.4. The quantitative estimate of drug-likeness (QED) is 0.673. The van der Waals surface area contributed by atoms with Crippen LogP contribution in [0, 0.1) is 0 Å². The van der Waals surface area contributed by atoms with Gasteiger partial charge in [-0.2, -0.15) is 0 Å². The fourth-order valence-corrected chi connectivity index (χ4v) is 1.57. The van der Waals surface area contributed by atoms with Crippen molar-refractivity contribution in [1.29, 1.82) is 0 Å². The van der Waals surface area contributed by atoms with Gasteiger partial charge in [-0.1, -0.05) is 0 Å². The zero-order chi connectivity index (χ0) is 9.52. The highest BCUT2D eigenvalue weighted by molar-refractivity contribution is 5.83. The van der Waals surface area contributed by atoms with Crippen LogP contribution < -0.4 is 0 Å². The molecule has 0 aromatic rings. The van der Waals surface area contributed by atoms with Gasteiger partial charge in [-0.15, -0.1) is 0 Å². The molecule has 1 atom stereocenters. The van der Waals surface area contributed by atoms with Crippen molar-refractivity contribution in [3.63, 3.8) is 0 Å². The molecule has 1 rings (SSSR count). The van der Waals surface area contributed by atoms with E-state index in [1.807, 2.05) is 0 Å². The van der Waals surface area contributed by atoms with Gasteiger partial charge in [0.2, 0.25) is 0 Å². The smallest absolute Gasteiger partial charge is 0.161 e. The Hall–Kier alpha value is -0.410. The fraction of sp³-hybridized carbons (Fsp3) is 0.900. The maximum atomic E-state index is 11.4. The summed E-state index contributed by atoms with van der Waals surface area (Å²) in [5.74, 6) is 0.246. The van der Waals surface area contributed by atoms with Crippen molar-refractivity contribution < 1.29 is 14.6 Å². The number of hydrogen-bond donors (Lipinski definition) is 1. The lowest BCUT2D eigenvalue weighted by molar-refractivity contribution is -0.129. The molecule has 0 unspecified atom stereocenters. The second-order valence-corrected chi connectivity index (χ2v) is 3.50. The van der Waals surface area contributed by atoms with Gasteiger partial charge in [0, 0.05) is 19.6 Å². The summed E-state index contributed by atoms with van der Waals surface area (Å²) in [4.78, 5) is 11.4. The predicted octanol–water partition coefficient (Wildman–Crippen LogP) is 1.29. The molecule has 0 aromatic carbocycles. The largest absolute Gasteiger partial charge is 0.396 e. The van der Waals surface area contributed by atoms with Crippen molar-refractivity contribution in [2.45, 2.75) is 44.6 Å². The van der Waals surface area contributed by atoms with Crippen LogP contribution in [0.1, 0.15) is 38.5 Å². The van der Waals surface area contributed by atoms with Crippen molar-refractivity contribution in [3.05, 3.63) is 0 Å². The minimum atomic E-state index is -0.186. The van der Waals surface area contributed by atoms with E-state index in [4.69, 9.17) is 9.84 Å². The van der Waals surface area contributed by atoms with Crippen LogP contribution >= 0.6 is 0 Å². The van der Waals surface area contributed by atoms with Crippen molar-refractivity contribution in [2.75, 3.05) is 13.2 Å². The molecule has 3 nitrogen and oxygen atoms in total. The molecule has 0 aromatic heterocycles. The Morgan fingerprint density at radius 3 is 3.00 bits per heavy atom. The molecule has 0 amide bonds. The first-order valence-corrected chi connectivity index (χ1v) is 5.10. The molecule has 76 valence electrons. The van der Waals surface area contributed by atoms with Crippen LogP contribution in [0.3, 0.4) is 0 Å². The molecule has 1 fully saturated rings. The first-order valence-electron chi connectivity index (χ1n) is 5.10. The molecule has 1 N–H and O–H groups in total. The minimum Gasteiger partial charge on any atom is -0.396 e. The maximum absolute atomic E-state index is 11.4.